The van der Waals surface area contributed by atoms with Gasteiger partial charge in [0.2, 0.25) is 0 Å². The Morgan fingerprint density at radius 3 is 2.40 bits per heavy atom. The van der Waals surface area contributed by atoms with Crippen LogP contribution in [0.2, 0.25) is 0 Å². The molecule has 0 aliphatic rings. The highest BCUT2D eigenvalue weighted by atomic mass is 16.5. The molecule has 2 N–H and O–H groups in total. The van der Waals surface area contributed by atoms with Gasteiger partial charge in [-0.05, 0) is 12.1 Å². The maximum Gasteiger partial charge on any atom is 0.0538 e. The molecule has 0 amide bonds. The van der Waals surface area contributed by atoms with Crippen molar-refractivity contribution in [1.29, 1.82) is 0 Å². The van der Waals surface area contributed by atoms with Crippen LogP contribution in [0, 0.1) is 0 Å². The molecular weight excluding hydrogens is 128 g/mol. The van der Waals surface area contributed by atoms with E-state index in [-0.39, 0.29) is 0 Å². The smallest absolute Gasteiger partial charge is 0.0538 e. The van der Waals surface area contributed by atoms with Gasteiger partial charge in [-0.2, -0.15) is 0 Å². The standard InChI is InChI=1S/C7H10N2O/c1-9(8-10)7-5-3-2-4-6-7/h2-6,8,10H,1H3. The van der Waals surface area contributed by atoms with Crippen LogP contribution in [-0.2, 0) is 0 Å². The van der Waals surface area contributed by atoms with Crippen molar-refractivity contribution in [3.8, 4) is 0 Å². The Morgan fingerprint density at radius 2 is 1.90 bits per heavy atom. The molecule has 10 heavy (non-hydrogen) atoms. The van der Waals surface area contributed by atoms with Crippen LogP contribution >= 0.6 is 0 Å². The van der Waals surface area contributed by atoms with Crippen LogP contribution in [0.1, 0.15) is 0 Å². The topological polar surface area (TPSA) is 35.5 Å². The average Bonchev–Trinajstić information content (AvgIpc) is 2.05. The van der Waals surface area contributed by atoms with Crippen LogP contribution in [-0.4, -0.2) is 12.3 Å². The minimum absolute atomic E-state index is 0.921. The van der Waals surface area contributed by atoms with Crippen molar-refractivity contribution in [3.05, 3.63) is 30.3 Å². The lowest BCUT2D eigenvalue weighted by atomic mass is 10.3. The van der Waals surface area contributed by atoms with E-state index in [1.54, 1.807) is 7.05 Å². The predicted molar refractivity (Wildman–Crippen MR) is 39.8 cm³/mol. The second-order valence-corrected chi connectivity index (χ2v) is 1.99. The predicted octanol–water partition coefficient (Wildman–Crippen LogP) is 1.02. The lowest BCUT2D eigenvalue weighted by Gasteiger charge is -2.14. The van der Waals surface area contributed by atoms with Crippen LogP contribution in [0.15, 0.2) is 30.3 Å². The van der Waals surface area contributed by atoms with Crippen molar-refractivity contribution in [3.63, 3.8) is 0 Å². The molecule has 0 atom stereocenters. The molecule has 54 valence electrons. The van der Waals surface area contributed by atoms with Gasteiger partial charge in [0, 0.05) is 7.05 Å². The van der Waals surface area contributed by atoms with Gasteiger partial charge in [0.1, 0.15) is 0 Å². The molecule has 1 rings (SSSR count). The zero-order chi connectivity index (χ0) is 7.40. The highest BCUT2D eigenvalue weighted by Crippen LogP contribution is 2.07. The molecule has 1 aromatic rings. The van der Waals surface area contributed by atoms with E-state index >= 15 is 0 Å². The van der Waals surface area contributed by atoms with Gasteiger partial charge in [-0.1, -0.05) is 18.2 Å². The molecule has 0 bridgehead atoms. The van der Waals surface area contributed by atoms with E-state index in [0.29, 0.717) is 0 Å². The summed E-state index contributed by atoms with van der Waals surface area (Å²) in [5.74, 6) is 0. The van der Waals surface area contributed by atoms with Crippen LogP contribution in [0.5, 0.6) is 0 Å². The zero-order valence-electron chi connectivity index (χ0n) is 5.78. The SMILES string of the molecule is CN(NO)c1ccccc1. The number of benzene rings is 1. The van der Waals surface area contributed by atoms with Crippen molar-refractivity contribution in [2.45, 2.75) is 0 Å². The zero-order valence-corrected chi connectivity index (χ0v) is 5.78. The fourth-order valence-corrected chi connectivity index (χ4v) is 0.709. The monoisotopic (exact) mass is 138 g/mol. The summed E-state index contributed by atoms with van der Waals surface area (Å²) in [4.78, 5) is 0. The Balaban J connectivity index is 2.75. The maximum absolute atomic E-state index is 8.46. The first-order valence-corrected chi connectivity index (χ1v) is 3.03. The molecule has 0 aliphatic heterocycles. The first-order chi connectivity index (χ1) is 4.84. The Hall–Kier alpha value is -1.06. The number of para-hydroxylation sites is 1. The van der Waals surface area contributed by atoms with Crippen molar-refractivity contribution in [1.82, 2.24) is 5.59 Å². The number of hydrogen-bond acceptors (Lipinski definition) is 3. The highest BCUT2D eigenvalue weighted by Gasteiger charge is 1.93. The normalized spacial score (nSPS) is 9.40. The summed E-state index contributed by atoms with van der Waals surface area (Å²) < 4.78 is 0. The fourth-order valence-electron chi connectivity index (χ4n) is 0.709. The van der Waals surface area contributed by atoms with Crippen LogP contribution in [0.25, 0.3) is 0 Å². The minimum Gasteiger partial charge on any atom is -0.297 e. The van der Waals surface area contributed by atoms with Crippen molar-refractivity contribution in [2.75, 3.05) is 12.1 Å². The lowest BCUT2D eigenvalue weighted by molar-refractivity contribution is 0.161. The van der Waals surface area contributed by atoms with Crippen molar-refractivity contribution >= 4 is 5.69 Å². The number of rotatable bonds is 2. The Kier molecular flexibility index (Phi) is 2.25. The van der Waals surface area contributed by atoms with Crippen LogP contribution in [0.4, 0.5) is 5.69 Å². The van der Waals surface area contributed by atoms with Gasteiger partial charge in [-0.25, -0.2) is 0 Å². The summed E-state index contributed by atoms with van der Waals surface area (Å²) in [6, 6.07) is 9.52. The second-order valence-electron chi connectivity index (χ2n) is 1.99. The minimum atomic E-state index is 0.921. The van der Waals surface area contributed by atoms with Gasteiger partial charge in [0.05, 0.1) is 5.69 Å². The molecule has 3 nitrogen and oxygen atoms in total. The molecule has 3 heteroatoms. The van der Waals surface area contributed by atoms with Gasteiger partial charge in [0.15, 0.2) is 0 Å². The lowest BCUT2D eigenvalue weighted by Crippen LogP contribution is -2.30. The number of nitrogens with one attached hydrogen (secondary N) is 1. The quantitative estimate of drug-likeness (QED) is 0.599. The first kappa shape index (κ1) is 7.05. The molecule has 0 unspecified atom stereocenters. The number of hydrogen-bond donors (Lipinski definition) is 2. The molecule has 0 saturated carbocycles. The molecule has 0 fully saturated rings. The number of nitrogens with zero attached hydrogens (tertiary/aromatic N) is 1. The van der Waals surface area contributed by atoms with Gasteiger partial charge < -0.3 is 0 Å². The molecule has 0 aromatic heterocycles. The molecule has 0 aliphatic carbocycles. The van der Waals surface area contributed by atoms with E-state index in [9.17, 15) is 0 Å². The van der Waals surface area contributed by atoms with Gasteiger partial charge in [-0.3, -0.25) is 10.2 Å². The van der Waals surface area contributed by atoms with E-state index in [1.165, 1.54) is 5.01 Å². The summed E-state index contributed by atoms with van der Waals surface area (Å²) in [6.45, 7) is 0. The van der Waals surface area contributed by atoms with Gasteiger partial charge >= 0.3 is 0 Å². The molecule has 0 saturated heterocycles. The van der Waals surface area contributed by atoms with Gasteiger partial charge in [-0.15, -0.1) is 5.59 Å². The summed E-state index contributed by atoms with van der Waals surface area (Å²) >= 11 is 0. The van der Waals surface area contributed by atoms with E-state index < -0.39 is 0 Å². The summed E-state index contributed by atoms with van der Waals surface area (Å²) in [6.07, 6.45) is 0. The maximum atomic E-state index is 8.46. The van der Waals surface area contributed by atoms with E-state index in [2.05, 4.69) is 0 Å². The van der Waals surface area contributed by atoms with Crippen molar-refractivity contribution < 1.29 is 5.21 Å². The van der Waals surface area contributed by atoms with Crippen LogP contribution < -0.4 is 10.6 Å². The van der Waals surface area contributed by atoms with E-state index in [4.69, 9.17) is 5.21 Å². The van der Waals surface area contributed by atoms with E-state index in [1.807, 2.05) is 35.9 Å². The highest BCUT2D eigenvalue weighted by molar-refractivity contribution is 5.43. The molecule has 1 aromatic carbocycles. The third-order valence-electron chi connectivity index (χ3n) is 1.29. The average molecular weight is 138 g/mol. The van der Waals surface area contributed by atoms with Crippen molar-refractivity contribution in [2.24, 2.45) is 0 Å². The first-order valence-electron chi connectivity index (χ1n) is 3.03. The summed E-state index contributed by atoms with van der Waals surface area (Å²) in [5, 5.41) is 9.98. The third-order valence-corrected chi connectivity index (χ3v) is 1.29. The fraction of sp³-hybridized carbons (Fsp3) is 0.143. The third kappa shape index (κ3) is 1.46. The molecule has 0 spiro atoms. The number of hydrazine groups is 1. The Morgan fingerprint density at radius 1 is 1.30 bits per heavy atom. The second kappa shape index (κ2) is 3.20. The van der Waals surface area contributed by atoms with Crippen LogP contribution in [0.3, 0.4) is 0 Å². The van der Waals surface area contributed by atoms with E-state index in [0.717, 1.165) is 5.69 Å². The Bertz CT molecular complexity index is 188. The summed E-state index contributed by atoms with van der Waals surface area (Å²) in [5.41, 5.74) is 2.94. The van der Waals surface area contributed by atoms with Gasteiger partial charge in [0.25, 0.3) is 0 Å². The Labute approximate surface area is 59.8 Å². The summed E-state index contributed by atoms with van der Waals surface area (Å²) in [7, 11) is 1.73. The number of anilines is 1. The molecule has 0 radical (unpaired) electrons. The molecular formula is C7H10N2O. The molecule has 0 heterocycles. The largest absolute Gasteiger partial charge is 0.297 e.